The molecule has 0 spiro atoms. The number of carbonyl (C=O) groups is 2. The van der Waals surface area contributed by atoms with Crippen molar-refractivity contribution in [3.05, 3.63) is 0 Å². The van der Waals surface area contributed by atoms with Crippen molar-refractivity contribution in [2.45, 2.75) is 233 Å². The van der Waals surface area contributed by atoms with Gasteiger partial charge in [0.15, 0.2) is 0 Å². The number of hydrogen-bond donors (Lipinski definition) is 0. The van der Waals surface area contributed by atoms with E-state index < -0.39 is 0 Å². The predicted octanol–water partition coefficient (Wildman–Crippen LogP) is 13.9. The molecule has 0 bridgehead atoms. The second-order valence-electron chi connectivity index (χ2n) is 15.0. The number of Topliss-reactive ketones (excluding diaryl/α,β-unsaturated/α-hetero) is 1. The van der Waals surface area contributed by atoms with E-state index in [4.69, 9.17) is 34.7 Å². The van der Waals surface area contributed by atoms with E-state index in [9.17, 15) is 9.59 Å². The molecule has 0 aliphatic rings. The Bertz CT molecular complexity index is 676. The Morgan fingerprint density at radius 1 is 0.471 bits per heavy atom. The van der Waals surface area contributed by atoms with E-state index in [0.29, 0.717) is 12.4 Å². The molecule has 0 saturated carbocycles. The third-order valence-electron chi connectivity index (χ3n) is 10.2. The molecule has 7 heteroatoms. The van der Waals surface area contributed by atoms with Gasteiger partial charge in [-0.25, -0.2) is 0 Å². The quantitative estimate of drug-likeness (QED) is 0.0266. The van der Waals surface area contributed by atoms with E-state index >= 15 is 0 Å². The first-order valence-corrected chi connectivity index (χ1v) is 23.0. The molecule has 306 valence electrons. The van der Waals surface area contributed by atoms with Gasteiger partial charge in [-0.1, -0.05) is 181 Å². The van der Waals surface area contributed by atoms with Crippen LogP contribution in [0.3, 0.4) is 0 Å². The zero-order valence-electron chi connectivity index (χ0n) is 34.6. The Balaban J connectivity index is -0.000000343. The van der Waals surface area contributed by atoms with E-state index in [1.807, 2.05) is 0 Å². The monoisotopic (exact) mass is 867 g/mol. The summed E-state index contributed by atoms with van der Waals surface area (Å²) in [6.07, 6.45) is 39.7. The van der Waals surface area contributed by atoms with Crippen LogP contribution in [0.15, 0.2) is 0 Å². The molecule has 0 aromatic rings. The average Bonchev–Trinajstić information content (AvgIpc) is 3.12. The largest absolute Gasteiger partial charge is 2.00 e. The van der Waals surface area contributed by atoms with E-state index in [0.717, 1.165) is 70.3 Å². The van der Waals surface area contributed by atoms with Gasteiger partial charge < -0.3 is 34.7 Å². The summed E-state index contributed by atoms with van der Waals surface area (Å²) in [5, 5.41) is 0. The van der Waals surface area contributed by atoms with Crippen molar-refractivity contribution in [3.8, 4) is 0 Å². The Morgan fingerprint density at radius 3 is 1.33 bits per heavy atom. The predicted molar refractivity (Wildman–Crippen MR) is 234 cm³/mol. The fraction of sp³-hybridized carbons (Fsp3) is 0.955. The van der Waals surface area contributed by atoms with Gasteiger partial charge >= 0.3 is 23.9 Å². The van der Waals surface area contributed by atoms with Gasteiger partial charge in [0.2, 0.25) is 0 Å². The number of esters is 1. The molecule has 0 N–H and O–H groups in total. The Labute approximate surface area is 350 Å². The minimum atomic E-state index is -0.279. The zero-order valence-corrected chi connectivity index (χ0v) is 39.1. The van der Waals surface area contributed by atoms with E-state index in [-0.39, 0.29) is 43.9 Å². The minimum Gasteiger partial charge on any atom is -0.790 e. The Morgan fingerprint density at radius 2 is 0.882 bits per heavy atom. The van der Waals surface area contributed by atoms with Gasteiger partial charge in [0, 0.05) is 28.9 Å². The summed E-state index contributed by atoms with van der Waals surface area (Å²) in [6.45, 7) is 11.1. The number of ketones is 1. The number of unbranched alkanes of at least 4 members (excludes halogenated alkanes) is 21. The van der Waals surface area contributed by atoms with Crippen LogP contribution >= 0.6 is 0 Å². The summed E-state index contributed by atoms with van der Waals surface area (Å²) in [7, 11) is 0. The van der Waals surface area contributed by atoms with Crippen molar-refractivity contribution in [1.82, 2.24) is 0 Å². The first-order chi connectivity index (χ1) is 24.4. The molecule has 0 amide bonds. The molecule has 0 heterocycles. The molecule has 0 aromatic carbocycles. The molecule has 0 saturated heterocycles. The van der Waals surface area contributed by atoms with Gasteiger partial charge in [-0.3, -0.25) is 9.59 Å². The summed E-state index contributed by atoms with van der Waals surface area (Å²) in [6, 6.07) is 0. The molecule has 0 rings (SSSR count). The second-order valence-corrected chi connectivity index (χ2v) is 15.7. The van der Waals surface area contributed by atoms with Crippen LogP contribution in [0, 0.1) is 5.41 Å². The normalized spacial score (nSPS) is 11.2. The summed E-state index contributed by atoms with van der Waals surface area (Å²) in [5.41, 5.74) is 0.219. The third kappa shape index (κ3) is 43.2. The van der Waals surface area contributed by atoms with E-state index in [1.165, 1.54) is 154 Å². The van der Waals surface area contributed by atoms with Crippen molar-refractivity contribution in [3.63, 3.8) is 0 Å². The molecule has 0 aliphatic heterocycles. The van der Waals surface area contributed by atoms with Gasteiger partial charge in [-0.2, -0.15) is 5.75 Å². The van der Waals surface area contributed by atoms with Crippen LogP contribution in [0.1, 0.15) is 236 Å². The van der Waals surface area contributed by atoms with Crippen molar-refractivity contribution >= 4 is 60.9 Å². The number of ether oxygens (including phenoxy) is 2. The molecule has 2 radical (unpaired) electrons. The molecule has 0 unspecified atom stereocenters. The van der Waals surface area contributed by atoms with Crippen molar-refractivity contribution in [2.75, 3.05) is 31.3 Å². The molecular formula is C44H90O4S2Sn. The summed E-state index contributed by atoms with van der Waals surface area (Å²) < 4.78 is 10.7. The molecular weight excluding hydrogens is 775 g/mol. The maximum absolute atomic E-state index is 12.6. The molecule has 4 nitrogen and oxygen atoms in total. The summed E-state index contributed by atoms with van der Waals surface area (Å²) in [4.78, 5) is 24.1. The first kappa shape index (κ1) is 55.9. The molecule has 0 aliphatic carbocycles. The zero-order chi connectivity index (χ0) is 37.2. The van der Waals surface area contributed by atoms with Crippen LogP contribution in [-0.2, 0) is 44.3 Å². The SMILES string of the molecule is CCCCCCCCC(CCCCCCCC)(CCCOC(=O)C[S-])CCC(=O)CCCCC.CCCCCCCCCCCCOCC[S-].[HH].[HH].[Sn+2]. The van der Waals surface area contributed by atoms with Gasteiger partial charge in [-0.05, 0) is 50.4 Å². The average molecular weight is 866 g/mol. The van der Waals surface area contributed by atoms with Gasteiger partial charge in [0.1, 0.15) is 5.78 Å². The smallest absolute Gasteiger partial charge is 0.790 e. The van der Waals surface area contributed by atoms with Crippen LogP contribution in [0.25, 0.3) is 0 Å². The van der Waals surface area contributed by atoms with Crippen LogP contribution in [-0.4, -0.2) is 67.0 Å². The van der Waals surface area contributed by atoms with Crippen LogP contribution in [0.5, 0.6) is 0 Å². The molecule has 51 heavy (non-hydrogen) atoms. The van der Waals surface area contributed by atoms with Crippen molar-refractivity contribution in [1.29, 1.82) is 0 Å². The molecule has 0 aromatic heterocycles. The third-order valence-corrected chi connectivity index (χ3v) is 10.6. The van der Waals surface area contributed by atoms with E-state index in [2.05, 4.69) is 27.7 Å². The summed E-state index contributed by atoms with van der Waals surface area (Å²) in [5.74, 6) is 0.935. The number of rotatable bonds is 39. The van der Waals surface area contributed by atoms with Gasteiger partial charge in [-0.15, -0.1) is 0 Å². The second kappa shape index (κ2) is 46.8. The van der Waals surface area contributed by atoms with Gasteiger partial charge in [0.25, 0.3) is 5.97 Å². The Kier molecular flexibility index (Phi) is 51.3. The fourth-order valence-corrected chi connectivity index (χ4v) is 7.14. The van der Waals surface area contributed by atoms with Crippen LogP contribution in [0.2, 0.25) is 0 Å². The number of carbonyl (C=O) groups excluding carboxylic acids is 2. The topological polar surface area (TPSA) is 52.6 Å². The van der Waals surface area contributed by atoms with Crippen molar-refractivity contribution < 1.29 is 21.9 Å². The summed E-state index contributed by atoms with van der Waals surface area (Å²) >= 11 is 9.61. The van der Waals surface area contributed by atoms with Crippen LogP contribution in [0.4, 0.5) is 0 Å². The Hall–Kier alpha value is 0.599. The van der Waals surface area contributed by atoms with Gasteiger partial charge in [0.05, 0.1) is 6.61 Å². The standard InChI is InChI=1S/C30H58O3S.C14H30OS.Sn.2H2/c1-4-7-10-12-14-17-22-30(23-18-15-13-11-8-5-2,24-19-26-33-29(32)27-34)25-21-28(31)20-16-9-6-3;1-2-3-4-5-6-7-8-9-10-11-12-15-13-14-16;;;/h34H,4-27H2,1-3H3;16H,2-14H2,1H3;;2*1H/q;;+2;;/p-2. The molecule has 0 fully saturated rings. The molecule has 0 atom stereocenters. The maximum atomic E-state index is 12.6. The fourth-order valence-electron chi connectivity index (χ4n) is 6.94. The number of hydrogen-bond acceptors (Lipinski definition) is 6. The van der Waals surface area contributed by atoms with Crippen molar-refractivity contribution in [2.24, 2.45) is 5.41 Å². The first-order valence-electron chi connectivity index (χ1n) is 21.9. The van der Waals surface area contributed by atoms with Crippen LogP contribution < -0.4 is 0 Å². The maximum Gasteiger partial charge on any atom is 2.00 e. The minimum absolute atomic E-state index is 0. The van der Waals surface area contributed by atoms with E-state index in [1.54, 1.807) is 0 Å².